The lowest BCUT2D eigenvalue weighted by atomic mass is 10.0. The summed E-state index contributed by atoms with van der Waals surface area (Å²) in [5.74, 6) is -0.498. The summed E-state index contributed by atoms with van der Waals surface area (Å²) in [6.45, 7) is 1.34. The lowest BCUT2D eigenvalue weighted by Gasteiger charge is -2.32. The Balaban J connectivity index is 1.68. The van der Waals surface area contributed by atoms with Crippen molar-refractivity contribution < 1.29 is 31.6 Å². The maximum absolute atomic E-state index is 12.1. The van der Waals surface area contributed by atoms with Crippen LogP contribution in [0.1, 0.15) is 12.8 Å². The number of piperidine rings is 1. The average Bonchev–Trinajstić information content (AvgIpc) is 2.58. The summed E-state index contributed by atoms with van der Waals surface area (Å²) in [5.41, 5.74) is 0. The van der Waals surface area contributed by atoms with E-state index >= 15 is 0 Å². The van der Waals surface area contributed by atoms with Gasteiger partial charge >= 0.3 is 22.4 Å². The van der Waals surface area contributed by atoms with Crippen LogP contribution in [0.3, 0.4) is 0 Å². The third-order valence-corrected chi connectivity index (χ3v) is 4.15. The van der Waals surface area contributed by atoms with Crippen molar-refractivity contribution in [1.29, 1.82) is 0 Å². The SMILES string of the molecule is O=C(OC1CNC1)[C@@H]1CC[C@@H]2CN1C(=O)N2OS(=O)(=O)O. The fourth-order valence-corrected chi connectivity index (χ4v) is 3.05. The first-order chi connectivity index (χ1) is 9.85. The largest absolute Gasteiger partial charge is 0.458 e. The third-order valence-electron chi connectivity index (χ3n) is 3.80. The maximum Gasteiger partial charge on any atom is 0.418 e. The van der Waals surface area contributed by atoms with Gasteiger partial charge < -0.3 is 15.0 Å². The van der Waals surface area contributed by atoms with Crippen LogP contribution in [0.2, 0.25) is 0 Å². The normalized spacial score (nSPS) is 29.5. The van der Waals surface area contributed by atoms with Gasteiger partial charge in [0.25, 0.3) is 0 Å². The fourth-order valence-electron chi connectivity index (χ4n) is 2.66. The van der Waals surface area contributed by atoms with Crippen molar-refractivity contribution in [2.24, 2.45) is 0 Å². The van der Waals surface area contributed by atoms with E-state index in [1.54, 1.807) is 0 Å². The summed E-state index contributed by atoms with van der Waals surface area (Å²) in [7, 11) is -4.78. The second kappa shape index (κ2) is 5.09. The Bertz CT molecular complexity index is 561. The van der Waals surface area contributed by atoms with E-state index in [0.29, 0.717) is 31.0 Å². The monoisotopic (exact) mass is 321 g/mol. The molecule has 0 unspecified atom stereocenters. The number of carbonyl (C=O) groups excluding carboxylic acids is 2. The van der Waals surface area contributed by atoms with Crippen LogP contribution in [0.15, 0.2) is 0 Å². The van der Waals surface area contributed by atoms with E-state index in [-0.39, 0.29) is 12.6 Å². The van der Waals surface area contributed by atoms with Gasteiger partial charge in [0, 0.05) is 19.6 Å². The first-order valence-corrected chi connectivity index (χ1v) is 7.90. The molecule has 3 heterocycles. The molecule has 2 N–H and O–H groups in total. The van der Waals surface area contributed by atoms with Gasteiger partial charge in [-0.15, -0.1) is 4.28 Å². The van der Waals surface area contributed by atoms with Crippen molar-refractivity contribution in [3.05, 3.63) is 0 Å². The molecule has 3 rings (SSSR count). The van der Waals surface area contributed by atoms with Crippen LogP contribution in [0.4, 0.5) is 4.79 Å². The van der Waals surface area contributed by atoms with Crippen molar-refractivity contribution in [2.75, 3.05) is 19.6 Å². The quantitative estimate of drug-likeness (QED) is 0.473. The van der Waals surface area contributed by atoms with Crippen molar-refractivity contribution in [2.45, 2.75) is 31.0 Å². The molecule has 3 aliphatic rings. The van der Waals surface area contributed by atoms with Crippen LogP contribution >= 0.6 is 0 Å². The Kier molecular flexibility index (Phi) is 3.51. The van der Waals surface area contributed by atoms with Crippen LogP contribution in [-0.4, -0.2) is 72.8 Å². The molecule has 3 aliphatic heterocycles. The van der Waals surface area contributed by atoms with Crippen LogP contribution in [-0.2, 0) is 24.2 Å². The molecule has 2 amide bonds. The highest BCUT2D eigenvalue weighted by Gasteiger charge is 2.50. The number of hydroxylamine groups is 2. The molecule has 0 saturated carbocycles. The standard InChI is InChI=1S/C10H15N3O7S/c14-9(19-7-3-11-4-7)8-2-1-6-5-12(8)10(15)13(6)20-21(16,17)18/h6-8,11H,1-5H2,(H,16,17,18)/t6-,8+/m1/s1. The van der Waals surface area contributed by atoms with Gasteiger partial charge in [0.15, 0.2) is 0 Å². The average molecular weight is 321 g/mol. The summed E-state index contributed by atoms with van der Waals surface area (Å²) in [4.78, 5) is 25.4. The van der Waals surface area contributed by atoms with E-state index in [0.717, 1.165) is 0 Å². The molecule has 11 heteroatoms. The fraction of sp³-hybridized carbons (Fsp3) is 0.800. The molecule has 0 radical (unpaired) electrons. The second-order valence-electron chi connectivity index (χ2n) is 5.23. The first-order valence-electron chi connectivity index (χ1n) is 6.53. The molecule has 118 valence electrons. The molecular formula is C10H15N3O7S. The van der Waals surface area contributed by atoms with Crippen LogP contribution in [0.25, 0.3) is 0 Å². The summed E-state index contributed by atoms with van der Waals surface area (Å²) in [5, 5.41) is 3.57. The number of nitrogens with zero attached hydrogens (tertiary/aromatic N) is 2. The molecule has 3 fully saturated rings. The predicted octanol–water partition coefficient (Wildman–Crippen LogP) is -1.50. The van der Waals surface area contributed by atoms with Crippen molar-refractivity contribution >= 4 is 22.4 Å². The lowest BCUT2D eigenvalue weighted by Crippen LogP contribution is -2.53. The number of hydrogen-bond acceptors (Lipinski definition) is 7. The van der Waals surface area contributed by atoms with Crippen molar-refractivity contribution in [3.8, 4) is 0 Å². The van der Waals surface area contributed by atoms with Gasteiger partial charge in [0.1, 0.15) is 12.1 Å². The van der Waals surface area contributed by atoms with Gasteiger partial charge in [-0.3, -0.25) is 4.55 Å². The number of esters is 1. The molecule has 0 aromatic heterocycles. The highest BCUT2D eigenvalue weighted by atomic mass is 32.3. The minimum Gasteiger partial charge on any atom is -0.458 e. The number of fused-ring (bicyclic) bond motifs is 2. The van der Waals surface area contributed by atoms with E-state index < -0.39 is 34.5 Å². The highest BCUT2D eigenvalue weighted by Crippen LogP contribution is 2.31. The molecule has 2 bridgehead atoms. The number of ether oxygens (including phenoxy) is 1. The molecule has 2 atom stereocenters. The highest BCUT2D eigenvalue weighted by molar-refractivity contribution is 7.80. The Morgan fingerprint density at radius 2 is 2.05 bits per heavy atom. The van der Waals surface area contributed by atoms with Crippen LogP contribution in [0, 0.1) is 0 Å². The van der Waals surface area contributed by atoms with Crippen LogP contribution < -0.4 is 5.32 Å². The zero-order valence-corrected chi connectivity index (χ0v) is 11.8. The van der Waals surface area contributed by atoms with Crippen LogP contribution in [0.5, 0.6) is 0 Å². The van der Waals surface area contributed by atoms with Gasteiger partial charge in [0.2, 0.25) is 0 Å². The summed E-state index contributed by atoms with van der Waals surface area (Å²) >= 11 is 0. The summed E-state index contributed by atoms with van der Waals surface area (Å²) in [6.07, 6.45) is 0.569. The van der Waals surface area contributed by atoms with Gasteiger partial charge in [-0.05, 0) is 12.8 Å². The Labute approximate surface area is 120 Å². The van der Waals surface area contributed by atoms with Gasteiger partial charge in [-0.1, -0.05) is 0 Å². The van der Waals surface area contributed by atoms with E-state index in [4.69, 9.17) is 9.29 Å². The zero-order chi connectivity index (χ0) is 15.2. The van der Waals surface area contributed by atoms with Gasteiger partial charge in [0.05, 0.1) is 6.04 Å². The smallest absolute Gasteiger partial charge is 0.418 e. The van der Waals surface area contributed by atoms with E-state index in [9.17, 15) is 18.0 Å². The molecule has 21 heavy (non-hydrogen) atoms. The Morgan fingerprint density at radius 3 is 2.62 bits per heavy atom. The summed E-state index contributed by atoms with van der Waals surface area (Å²) < 4.78 is 39.7. The molecule has 0 aromatic rings. The van der Waals surface area contributed by atoms with Crippen molar-refractivity contribution in [3.63, 3.8) is 0 Å². The molecule has 0 aliphatic carbocycles. The van der Waals surface area contributed by atoms with E-state index in [2.05, 4.69) is 9.60 Å². The predicted molar refractivity (Wildman–Crippen MR) is 66.1 cm³/mol. The minimum absolute atomic E-state index is 0.164. The lowest BCUT2D eigenvalue weighted by molar-refractivity contribution is -0.157. The molecular weight excluding hydrogens is 306 g/mol. The molecule has 0 aromatic carbocycles. The van der Waals surface area contributed by atoms with Gasteiger partial charge in [-0.2, -0.15) is 13.5 Å². The molecule has 3 saturated heterocycles. The Morgan fingerprint density at radius 1 is 1.33 bits per heavy atom. The van der Waals surface area contributed by atoms with E-state index in [1.165, 1.54) is 4.90 Å². The maximum atomic E-state index is 12.1. The number of hydrogen-bond donors (Lipinski definition) is 2. The Hall–Kier alpha value is -1.43. The number of rotatable bonds is 4. The second-order valence-corrected chi connectivity index (χ2v) is 6.23. The zero-order valence-electron chi connectivity index (χ0n) is 11.0. The number of nitrogens with one attached hydrogen (secondary N) is 1. The molecule has 10 nitrogen and oxygen atoms in total. The first kappa shape index (κ1) is 14.5. The number of amides is 2. The topological polar surface area (TPSA) is 125 Å². The third kappa shape index (κ3) is 2.81. The van der Waals surface area contributed by atoms with E-state index in [1.807, 2.05) is 0 Å². The minimum atomic E-state index is -4.78. The molecule has 0 spiro atoms. The number of urea groups is 1. The number of carbonyl (C=O) groups is 2. The van der Waals surface area contributed by atoms with Crippen molar-refractivity contribution in [1.82, 2.24) is 15.3 Å². The summed E-state index contributed by atoms with van der Waals surface area (Å²) in [6, 6.07) is -2.01. The van der Waals surface area contributed by atoms with Gasteiger partial charge in [-0.25, -0.2) is 9.59 Å².